The number of pyridine rings is 1. The molecule has 3 aromatic rings. The molecule has 1 aromatic heterocycles. The van der Waals surface area contributed by atoms with Gasteiger partial charge in [0.2, 0.25) is 0 Å². The van der Waals surface area contributed by atoms with E-state index in [0.717, 1.165) is 46.1 Å². The Morgan fingerprint density at radius 1 is 1.03 bits per heavy atom. The maximum Gasteiger partial charge on any atom is 0.339 e. The van der Waals surface area contributed by atoms with Gasteiger partial charge in [0.25, 0.3) is 5.91 Å². The molecule has 0 saturated heterocycles. The van der Waals surface area contributed by atoms with Gasteiger partial charge in [-0.3, -0.25) is 4.79 Å². The third-order valence-electron chi connectivity index (χ3n) is 5.11. The van der Waals surface area contributed by atoms with Crippen molar-refractivity contribution < 1.29 is 14.3 Å². The molecule has 0 saturated carbocycles. The second-order valence-corrected chi connectivity index (χ2v) is 7.28. The van der Waals surface area contributed by atoms with Gasteiger partial charge in [-0.2, -0.15) is 0 Å². The van der Waals surface area contributed by atoms with Gasteiger partial charge < -0.3 is 9.64 Å². The summed E-state index contributed by atoms with van der Waals surface area (Å²) in [6.07, 6.45) is 3.65. The van der Waals surface area contributed by atoms with Crippen molar-refractivity contribution in [2.75, 3.05) is 20.7 Å². The zero-order valence-corrected chi connectivity index (χ0v) is 16.5. The third kappa shape index (κ3) is 3.76. The van der Waals surface area contributed by atoms with Crippen molar-refractivity contribution in [3.63, 3.8) is 0 Å². The molecule has 1 amide bonds. The van der Waals surface area contributed by atoms with Gasteiger partial charge in [0.1, 0.15) is 0 Å². The number of para-hydroxylation sites is 1. The number of esters is 1. The summed E-state index contributed by atoms with van der Waals surface area (Å²) in [6, 6.07) is 17.7. The number of ether oxygens (including phenoxy) is 1. The molecule has 0 atom stereocenters. The Balaban J connectivity index is 1.78. The lowest BCUT2D eigenvalue weighted by atomic mass is 10.0. The Hall–Kier alpha value is -3.47. The van der Waals surface area contributed by atoms with Crippen molar-refractivity contribution in [1.82, 2.24) is 9.88 Å². The zero-order chi connectivity index (χ0) is 20.4. The molecular weight excluding hydrogens is 364 g/mol. The van der Waals surface area contributed by atoms with Crippen molar-refractivity contribution in [2.45, 2.75) is 12.8 Å². The molecule has 5 nitrogen and oxygen atoms in total. The van der Waals surface area contributed by atoms with Crippen LogP contribution < -0.4 is 0 Å². The van der Waals surface area contributed by atoms with E-state index in [-0.39, 0.29) is 12.5 Å². The quantitative estimate of drug-likeness (QED) is 0.637. The van der Waals surface area contributed by atoms with E-state index in [0.29, 0.717) is 5.56 Å². The molecule has 1 aliphatic carbocycles. The van der Waals surface area contributed by atoms with Crippen molar-refractivity contribution in [3.05, 3.63) is 77.0 Å². The Morgan fingerprint density at radius 3 is 2.52 bits per heavy atom. The number of hydrogen-bond donors (Lipinski definition) is 0. The molecule has 0 unspecified atom stereocenters. The highest BCUT2D eigenvalue weighted by Gasteiger charge is 2.28. The van der Waals surface area contributed by atoms with Crippen molar-refractivity contribution in [2.24, 2.45) is 0 Å². The molecule has 5 heteroatoms. The van der Waals surface area contributed by atoms with E-state index >= 15 is 0 Å². The van der Waals surface area contributed by atoms with Crippen LogP contribution in [0.1, 0.15) is 33.6 Å². The highest BCUT2D eigenvalue weighted by atomic mass is 16.5. The number of fused-ring (bicyclic) bond motifs is 2. The second-order valence-electron chi connectivity index (χ2n) is 7.28. The number of rotatable bonds is 4. The van der Waals surface area contributed by atoms with E-state index in [1.807, 2.05) is 54.6 Å². The molecule has 4 rings (SSSR count). The average molecular weight is 386 g/mol. The lowest BCUT2D eigenvalue weighted by molar-refractivity contribution is -0.131. The van der Waals surface area contributed by atoms with Crippen LogP contribution in [0.2, 0.25) is 0 Å². The van der Waals surface area contributed by atoms with Gasteiger partial charge in [0.15, 0.2) is 6.61 Å². The Labute approximate surface area is 169 Å². The van der Waals surface area contributed by atoms with Gasteiger partial charge in [-0.25, -0.2) is 9.78 Å². The third-order valence-corrected chi connectivity index (χ3v) is 5.11. The van der Waals surface area contributed by atoms with Crippen LogP contribution in [-0.2, 0) is 16.0 Å². The molecule has 0 aliphatic heterocycles. The van der Waals surface area contributed by atoms with Gasteiger partial charge in [0, 0.05) is 19.5 Å². The standard InChI is InChI=1S/C24H22N2O3/c1-26(2)21(27)15-29-24(28)22-18-10-6-7-11-20(18)25-23-17(12-13-19(22)23)14-16-8-4-3-5-9-16/h3-11,14H,12-13,15H2,1-2H3. The topological polar surface area (TPSA) is 59.5 Å². The first-order valence-corrected chi connectivity index (χ1v) is 9.59. The summed E-state index contributed by atoms with van der Waals surface area (Å²) < 4.78 is 5.36. The number of nitrogens with zero attached hydrogens (tertiary/aromatic N) is 2. The van der Waals surface area contributed by atoms with Crippen molar-refractivity contribution >= 4 is 34.4 Å². The molecular formula is C24H22N2O3. The SMILES string of the molecule is CN(C)C(=O)COC(=O)c1c2c(nc3ccccc13)C(=Cc1ccccc1)CC2. The second kappa shape index (κ2) is 7.87. The summed E-state index contributed by atoms with van der Waals surface area (Å²) in [5.74, 6) is -0.728. The predicted octanol–water partition coefficient (Wildman–Crippen LogP) is 3.97. The first-order chi connectivity index (χ1) is 14.0. The fourth-order valence-corrected chi connectivity index (χ4v) is 3.59. The van der Waals surface area contributed by atoms with Crippen LogP contribution in [0, 0.1) is 0 Å². The van der Waals surface area contributed by atoms with Crippen LogP contribution in [0.3, 0.4) is 0 Å². The highest BCUT2D eigenvalue weighted by Crippen LogP contribution is 2.37. The number of carbonyl (C=O) groups is 2. The summed E-state index contributed by atoms with van der Waals surface area (Å²) >= 11 is 0. The summed E-state index contributed by atoms with van der Waals surface area (Å²) in [4.78, 5) is 31.1. The highest BCUT2D eigenvalue weighted by molar-refractivity contribution is 6.07. The minimum Gasteiger partial charge on any atom is -0.452 e. The first kappa shape index (κ1) is 18.9. The Morgan fingerprint density at radius 2 is 1.76 bits per heavy atom. The molecule has 29 heavy (non-hydrogen) atoms. The van der Waals surface area contributed by atoms with Crippen molar-refractivity contribution in [3.8, 4) is 0 Å². The molecule has 2 aromatic carbocycles. The summed E-state index contributed by atoms with van der Waals surface area (Å²) in [5.41, 5.74) is 5.22. The Bertz CT molecular complexity index is 1120. The van der Waals surface area contributed by atoms with Gasteiger partial charge in [0.05, 0.1) is 16.8 Å². The van der Waals surface area contributed by atoms with E-state index in [9.17, 15) is 9.59 Å². The van der Waals surface area contributed by atoms with Gasteiger partial charge in [-0.05, 0) is 41.7 Å². The number of benzene rings is 2. The summed E-state index contributed by atoms with van der Waals surface area (Å²) in [6.45, 7) is -0.274. The zero-order valence-electron chi connectivity index (χ0n) is 16.5. The Kier molecular flexibility index (Phi) is 5.12. The molecule has 0 radical (unpaired) electrons. The number of hydrogen-bond acceptors (Lipinski definition) is 4. The van der Waals surface area contributed by atoms with Gasteiger partial charge >= 0.3 is 5.97 Å². The normalized spacial score (nSPS) is 14.1. The molecule has 146 valence electrons. The van der Waals surface area contributed by atoms with Crippen molar-refractivity contribution in [1.29, 1.82) is 0 Å². The smallest absolute Gasteiger partial charge is 0.339 e. The minimum absolute atomic E-state index is 0.252. The lowest BCUT2D eigenvalue weighted by Gasteiger charge is -2.14. The van der Waals surface area contributed by atoms with Gasteiger partial charge in [-0.15, -0.1) is 0 Å². The van der Waals surface area contributed by atoms with E-state index in [1.54, 1.807) is 14.1 Å². The van der Waals surface area contributed by atoms with E-state index in [1.165, 1.54) is 4.90 Å². The molecule has 0 bridgehead atoms. The van der Waals surface area contributed by atoms with Gasteiger partial charge in [-0.1, -0.05) is 48.5 Å². The maximum absolute atomic E-state index is 13.0. The predicted molar refractivity (Wildman–Crippen MR) is 113 cm³/mol. The number of amides is 1. The van der Waals surface area contributed by atoms with Crippen LogP contribution in [0.25, 0.3) is 22.6 Å². The number of carbonyl (C=O) groups excluding carboxylic acids is 2. The van der Waals surface area contributed by atoms with E-state index in [2.05, 4.69) is 6.08 Å². The molecule has 1 aliphatic rings. The molecule has 0 N–H and O–H groups in total. The summed E-state index contributed by atoms with van der Waals surface area (Å²) in [5, 5.41) is 0.759. The minimum atomic E-state index is -0.476. The molecule has 0 fully saturated rings. The number of aromatic nitrogens is 1. The van der Waals surface area contributed by atoms with Crippen LogP contribution in [0.5, 0.6) is 0 Å². The summed E-state index contributed by atoms with van der Waals surface area (Å²) in [7, 11) is 3.27. The van der Waals surface area contributed by atoms with Crippen LogP contribution in [0.15, 0.2) is 54.6 Å². The van der Waals surface area contributed by atoms with Crippen LogP contribution in [0.4, 0.5) is 0 Å². The molecule has 1 heterocycles. The number of allylic oxidation sites excluding steroid dienone is 1. The monoisotopic (exact) mass is 386 g/mol. The lowest BCUT2D eigenvalue weighted by Crippen LogP contribution is -2.27. The fraction of sp³-hybridized carbons (Fsp3) is 0.208. The van der Waals surface area contributed by atoms with Crippen LogP contribution in [-0.4, -0.2) is 42.5 Å². The molecule has 0 spiro atoms. The fourth-order valence-electron chi connectivity index (χ4n) is 3.59. The van der Waals surface area contributed by atoms with E-state index < -0.39 is 5.97 Å². The van der Waals surface area contributed by atoms with Crippen LogP contribution >= 0.6 is 0 Å². The maximum atomic E-state index is 13.0. The number of likely N-dealkylation sites (N-methyl/N-ethyl adjacent to an activating group) is 1. The van der Waals surface area contributed by atoms with E-state index in [4.69, 9.17) is 9.72 Å². The average Bonchev–Trinajstić information content (AvgIpc) is 3.12. The largest absolute Gasteiger partial charge is 0.452 e. The first-order valence-electron chi connectivity index (χ1n) is 9.59.